The van der Waals surface area contributed by atoms with Crippen LogP contribution in [-0.4, -0.2) is 34.8 Å². The van der Waals surface area contributed by atoms with E-state index in [-0.39, 0.29) is 12.1 Å². The van der Waals surface area contributed by atoms with E-state index in [4.69, 9.17) is 4.74 Å². The Morgan fingerprint density at radius 2 is 2.00 bits per heavy atom. The molecule has 2 unspecified atom stereocenters. The summed E-state index contributed by atoms with van der Waals surface area (Å²) < 4.78 is 7.53. The lowest BCUT2D eigenvalue weighted by atomic mass is 10.0. The van der Waals surface area contributed by atoms with Crippen molar-refractivity contribution in [1.29, 1.82) is 0 Å². The Hall–Kier alpha value is -1.72. The Morgan fingerprint density at radius 1 is 1.24 bits per heavy atom. The first kappa shape index (κ1) is 15.7. The van der Waals surface area contributed by atoms with Crippen molar-refractivity contribution in [2.24, 2.45) is 0 Å². The molecular weight excluding hydrogens is 264 g/mol. The summed E-state index contributed by atoms with van der Waals surface area (Å²) in [5.41, 5.74) is 2.04. The summed E-state index contributed by atoms with van der Waals surface area (Å²) in [5.74, 6) is 0. The molecule has 0 saturated heterocycles. The van der Waals surface area contributed by atoms with Crippen LogP contribution in [0.1, 0.15) is 38.4 Å². The number of hydrogen-bond acceptors (Lipinski definition) is 4. The first-order valence-corrected chi connectivity index (χ1v) is 7.54. The number of nitrogens with one attached hydrogen (secondary N) is 1. The molecule has 21 heavy (non-hydrogen) atoms. The van der Waals surface area contributed by atoms with Gasteiger partial charge in [0.15, 0.2) is 0 Å². The maximum absolute atomic E-state index is 5.64. The van der Waals surface area contributed by atoms with Crippen molar-refractivity contribution in [3.8, 4) is 5.69 Å². The van der Waals surface area contributed by atoms with Gasteiger partial charge in [0.25, 0.3) is 0 Å². The van der Waals surface area contributed by atoms with E-state index in [1.807, 2.05) is 41.2 Å². The van der Waals surface area contributed by atoms with Crippen LogP contribution in [0.4, 0.5) is 0 Å². The van der Waals surface area contributed by atoms with E-state index in [2.05, 4.69) is 29.5 Å². The summed E-state index contributed by atoms with van der Waals surface area (Å²) in [6, 6.07) is 10.1. The highest BCUT2D eigenvalue weighted by Gasteiger charge is 2.25. The molecule has 2 aromatic rings. The minimum Gasteiger partial charge on any atom is -0.379 e. The zero-order chi connectivity index (χ0) is 15.1. The summed E-state index contributed by atoms with van der Waals surface area (Å²) >= 11 is 0. The van der Waals surface area contributed by atoms with E-state index in [0.29, 0.717) is 0 Å². The first-order valence-electron chi connectivity index (χ1n) is 7.54. The zero-order valence-corrected chi connectivity index (χ0v) is 13.0. The molecule has 0 amide bonds. The van der Waals surface area contributed by atoms with Crippen molar-refractivity contribution in [2.45, 2.75) is 38.8 Å². The fourth-order valence-corrected chi connectivity index (χ4v) is 2.49. The molecule has 0 aliphatic heterocycles. The fourth-order valence-electron chi connectivity index (χ4n) is 2.49. The molecule has 0 radical (unpaired) electrons. The average molecular weight is 288 g/mol. The quantitative estimate of drug-likeness (QED) is 0.811. The molecule has 5 nitrogen and oxygen atoms in total. The van der Waals surface area contributed by atoms with Gasteiger partial charge < -0.3 is 10.1 Å². The Kier molecular flexibility index (Phi) is 5.90. The van der Waals surface area contributed by atoms with Crippen LogP contribution in [0, 0.1) is 0 Å². The lowest BCUT2D eigenvalue weighted by Gasteiger charge is -2.26. The normalized spacial score (nSPS) is 14.0. The summed E-state index contributed by atoms with van der Waals surface area (Å²) in [5, 5.41) is 11.9. The smallest absolute Gasteiger partial charge is 0.0841 e. The van der Waals surface area contributed by atoms with Gasteiger partial charge in [0.05, 0.1) is 29.7 Å². The Bertz CT molecular complexity index is 522. The standard InChI is InChI=1S/C16H24N4O/c1-4-11-17-16(15(5-2)21-3)14-12-18-19-20(14)13-9-7-6-8-10-13/h6-10,12,15-17H,4-5,11H2,1-3H3. The Morgan fingerprint density at radius 3 is 2.62 bits per heavy atom. The molecule has 0 aliphatic rings. The molecule has 2 atom stereocenters. The second-order valence-electron chi connectivity index (χ2n) is 5.02. The predicted molar refractivity (Wildman–Crippen MR) is 83.5 cm³/mol. The molecule has 0 spiro atoms. The number of methoxy groups -OCH3 is 1. The van der Waals surface area contributed by atoms with Gasteiger partial charge in [-0.3, -0.25) is 0 Å². The third-order valence-corrected chi connectivity index (χ3v) is 3.59. The minimum atomic E-state index is 0.0788. The summed E-state index contributed by atoms with van der Waals surface area (Å²) in [6.45, 7) is 5.22. The molecule has 0 bridgehead atoms. The van der Waals surface area contributed by atoms with Crippen molar-refractivity contribution in [3.63, 3.8) is 0 Å². The van der Waals surface area contributed by atoms with Crippen LogP contribution in [0.25, 0.3) is 5.69 Å². The minimum absolute atomic E-state index is 0.0788. The van der Waals surface area contributed by atoms with Gasteiger partial charge in [0, 0.05) is 7.11 Å². The molecule has 5 heteroatoms. The highest BCUT2D eigenvalue weighted by atomic mass is 16.5. The van der Waals surface area contributed by atoms with Crippen molar-refractivity contribution in [1.82, 2.24) is 20.3 Å². The lowest BCUT2D eigenvalue weighted by molar-refractivity contribution is 0.0630. The van der Waals surface area contributed by atoms with Gasteiger partial charge >= 0.3 is 0 Å². The second-order valence-corrected chi connectivity index (χ2v) is 5.02. The molecule has 0 aliphatic carbocycles. The van der Waals surface area contributed by atoms with Gasteiger partial charge in [-0.2, -0.15) is 0 Å². The van der Waals surface area contributed by atoms with Gasteiger partial charge in [-0.15, -0.1) is 5.10 Å². The summed E-state index contributed by atoms with van der Waals surface area (Å²) in [7, 11) is 1.76. The molecule has 1 aromatic heterocycles. The number of nitrogens with zero attached hydrogens (tertiary/aromatic N) is 3. The highest BCUT2D eigenvalue weighted by molar-refractivity contribution is 5.32. The van der Waals surface area contributed by atoms with Gasteiger partial charge in [-0.05, 0) is 31.5 Å². The molecule has 2 rings (SSSR count). The largest absolute Gasteiger partial charge is 0.379 e. The van der Waals surface area contributed by atoms with Crippen LogP contribution >= 0.6 is 0 Å². The SMILES string of the molecule is CCCNC(c1cnnn1-c1ccccc1)C(CC)OC. The van der Waals surface area contributed by atoms with Crippen molar-refractivity contribution >= 4 is 0 Å². The number of hydrogen-bond donors (Lipinski definition) is 1. The number of ether oxygens (including phenoxy) is 1. The van der Waals surface area contributed by atoms with E-state index in [0.717, 1.165) is 30.8 Å². The third-order valence-electron chi connectivity index (χ3n) is 3.59. The molecule has 0 saturated carbocycles. The van der Waals surface area contributed by atoms with E-state index in [9.17, 15) is 0 Å². The molecule has 1 heterocycles. The zero-order valence-electron chi connectivity index (χ0n) is 13.0. The van der Waals surface area contributed by atoms with Gasteiger partial charge in [0.1, 0.15) is 0 Å². The molecule has 1 aromatic carbocycles. The maximum atomic E-state index is 5.64. The van der Waals surface area contributed by atoms with E-state index in [1.165, 1.54) is 0 Å². The number of benzene rings is 1. The Labute approximate surface area is 126 Å². The summed E-state index contributed by atoms with van der Waals surface area (Å²) in [6.07, 6.45) is 3.92. The number of aromatic nitrogens is 3. The number of rotatable bonds is 8. The summed E-state index contributed by atoms with van der Waals surface area (Å²) in [4.78, 5) is 0. The maximum Gasteiger partial charge on any atom is 0.0841 e. The third kappa shape index (κ3) is 3.68. The fraction of sp³-hybridized carbons (Fsp3) is 0.500. The molecule has 0 fully saturated rings. The van der Waals surface area contributed by atoms with Crippen molar-refractivity contribution in [2.75, 3.05) is 13.7 Å². The van der Waals surface area contributed by atoms with Gasteiger partial charge in [0.2, 0.25) is 0 Å². The highest BCUT2D eigenvalue weighted by Crippen LogP contribution is 2.23. The average Bonchev–Trinajstić information content (AvgIpc) is 3.01. The van der Waals surface area contributed by atoms with Crippen LogP contribution in [0.3, 0.4) is 0 Å². The van der Waals surface area contributed by atoms with Crippen LogP contribution in [0.15, 0.2) is 36.5 Å². The lowest BCUT2D eigenvalue weighted by Crippen LogP contribution is -2.35. The van der Waals surface area contributed by atoms with Gasteiger partial charge in [-0.1, -0.05) is 37.3 Å². The molecular formula is C16H24N4O. The van der Waals surface area contributed by atoms with E-state index >= 15 is 0 Å². The molecule has 114 valence electrons. The predicted octanol–water partition coefficient (Wildman–Crippen LogP) is 2.73. The first-order chi connectivity index (χ1) is 10.3. The molecule has 1 N–H and O–H groups in total. The van der Waals surface area contributed by atoms with Crippen LogP contribution in [0.2, 0.25) is 0 Å². The van der Waals surface area contributed by atoms with E-state index < -0.39 is 0 Å². The van der Waals surface area contributed by atoms with E-state index in [1.54, 1.807) is 7.11 Å². The van der Waals surface area contributed by atoms with Crippen molar-refractivity contribution < 1.29 is 4.74 Å². The van der Waals surface area contributed by atoms with Crippen molar-refractivity contribution in [3.05, 3.63) is 42.2 Å². The topological polar surface area (TPSA) is 52.0 Å². The number of para-hydroxylation sites is 1. The second kappa shape index (κ2) is 7.90. The Balaban J connectivity index is 2.34. The van der Waals surface area contributed by atoms with Crippen LogP contribution in [-0.2, 0) is 4.74 Å². The monoisotopic (exact) mass is 288 g/mol. The van der Waals surface area contributed by atoms with Crippen LogP contribution in [0.5, 0.6) is 0 Å². The van der Waals surface area contributed by atoms with Gasteiger partial charge in [-0.25, -0.2) is 4.68 Å². The van der Waals surface area contributed by atoms with Crippen LogP contribution < -0.4 is 5.32 Å².